The first-order valence-corrected chi connectivity index (χ1v) is 6.52. The molecule has 1 amide bonds. The number of rotatable bonds is 5. The lowest BCUT2D eigenvalue weighted by molar-refractivity contribution is -0.118. The lowest BCUT2D eigenvalue weighted by Gasteiger charge is -2.11. The number of aryl methyl sites for hydroxylation is 1. The first-order valence-electron chi connectivity index (χ1n) is 6.52. The van der Waals surface area contributed by atoms with Crippen molar-refractivity contribution in [2.24, 2.45) is 0 Å². The largest absolute Gasteiger partial charge is 0.493 e. The van der Waals surface area contributed by atoms with Crippen LogP contribution in [0.3, 0.4) is 0 Å². The van der Waals surface area contributed by atoms with Crippen molar-refractivity contribution in [1.82, 2.24) is 0 Å². The molecular formula is C16H15F2NO3. The maximum Gasteiger partial charge on any atom is 0.262 e. The molecule has 22 heavy (non-hydrogen) atoms. The van der Waals surface area contributed by atoms with E-state index in [0.29, 0.717) is 11.5 Å². The third kappa shape index (κ3) is 3.94. The van der Waals surface area contributed by atoms with E-state index in [9.17, 15) is 13.6 Å². The second-order valence-electron chi connectivity index (χ2n) is 4.62. The number of anilines is 1. The maximum absolute atomic E-state index is 13.0. The highest BCUT2D eigenvalue weighted by atomic mass is 19.2. The second-order valence-corrected chi connectivity index (χ2v) is 4.62. The molecule has 2 aromatic carbocycles. The van der Waals surface area contributed by atoms with Crippen LogP contribution in [0.2, 0.25) is 0 Å². The number of nitrogens with one attached hydrogen (secondary N) is 1. The van der Waals surface area contributed by atoms with Crippen molar-refractivity contribution in [3.8, 4) is 11.5 Å². The van der Waals surface area contributed by atoms with E-state index >= 15 is 0 Å². The summed E-state index contributed by atoms with van der Waals surface area (Å²) in [4.78, 5) is 11.8. The summed E-state index contributed by atoms with van der Waals surface area (Å²) in [5, 5.41) is 2.42. The molecule has 0 saturated heterocycles. The molecule has 0 unspecified atom stereocenters. The molecule has 0 atom stereocenters. The van der Waals surface area contributed by atoms with Crippen molar-refractivity contribution in [2.75, 3.05) is 19.0 Å². The highest BCUT2D eigenvalue weighted by molar-refractivity contribution is 5.91. The summed E-state index contributed by atoms with van der Waals surface area (Å²) >= 11 is 0. The number of methoxy groups -OCH3 is 1. The Morgan fingerprint density at radius 2 is 1.86 bits per heavy atom. The van der Waals surface area contributed by atoms with E-state index in [-0.39, 0.29) is 12.3 Å². The van der Waals surface area contributed by atoms with E-state index in [4.69, 9.17) is 9.47 Å². The number of carbonyl (C=O) groups is 1. The van der Waals surface area contributed by atoms with Crippen LogP contribution >= 0.6 is 0 Å². The van der Waals surface area contributed by atoms with Crippen molar-refractivity contribution < 1.29 is 23.0 Å². The van der Waals surface area contributed by atoms with Gasteiger partial charge in [0.1, 0.15) is 0 Å². The van der Waals surface area contributed by atoms with E-state index in [1.54, 1.807) is 12.1 Å². The van der Waals surface area contributed by atoms with E-state index in [1.807, 2.05) is 13.0 Å². The molecule has 0 heterocycles. The van der Waals surface area contributed by atoms with Gasteiger partial charge in [-0.1, -0.05) is 6.07 Å². The molecule has 2 aromatic rings. The van der Waals surface area contributed by atoms with E-state index in [2.05, 4.69) is 5.32 Å². The zero-order valence-electron chi connectivity index (χ0n) is 12.2. The van der Waals surface area contributed by atoms with Crippen molar-refractivity contribution in [3.63, 3.8) is 0 Å². The number of amides is 1. The van der Waals surface area contributed by atoms with Crippen molar-refractivity contribution in [3.05, 3.63) is 53.6 Å². The van der Waals surface area contributed by atoms with Gasteiger partial charge in [0.15, 0.2) is 29.7 Å². The Kier molecular flexibility index (Phi) is 4.93. The molecule has 0 spiro atoms. The normalized spacial score (nSPS) is 10.2. The lowest BCUT2D eigenvalue weighted by atomic mass is 10.2. The number of hydrogen-bond acceptors (Lipinski definition) is 3. The molecule has 0 saturated carbocycles. The predicted molar refractivity (Wildman–Crippen MR) is 78.2 cm³/mol. The average molecular weight is 307 g/mol. The fraction of sp³-hybridized carbons (Fsp3) is 0.188. The van der Waals surface area contributed by atoms with Crippen molar-refractivity contribution >= 4 is 11.6 Å². The molecule has 0 aromatic heterocycles. The highest BCUT2D eigenvalue weighted by Gasteiger charge is 2.09. The van der Waals surface area contributed by atoms with Gasteiger partial charge < -0.3 is 14.8 Å². The minimum atomic E-state index is -1.03. The molecular weight excluding hydrogens is 292 g/mol. The van der Waals surface area contributed by atoms with E-state index in [1.165, 1.54) is 13.2 Å². The number of hydrogen-bond donors (Lipinski definition) is 1. The molecule has 0 aliphatic heterocycles. The smallest absolute Gasteiger partial charge is 0.262 e. The van der Waals surface area contributed by atoms with Gasteiger partial charge in [-0.05, 0) is 36.8 Å². The lowest BCUT2D eigenvalue weighted by Crippen LogP contribution is -2.20. The van der Waals surface area contributed by atoms with Crippen LogP contribution in [0, 0.1) is 18.6 Å². The summed E-state index contributed by atoms with van der Waals surface area (Å²) < 4.78 is 36.4. The summed E-state index contributed by atoms with van der Waals surface area (Å²) in [6.07, 6.45) is 0. The first kappa shape index (κ1) is 15.8. The fourth-order valence-corrected chi connectivity index (χ4v) is 1.81. The molecule has 2 rings (SSSR count). The summed E-state index contributed by atoms with van der Waals surface area (Å²) in [5.41, 5.74) is 1.15. The molecule has 4 nitrogen and oxygen atoms in total. The summed E-state index contributed by atoms with van der Waals surface area (Å²) in [7, 11) is 1.50. The maximum atomic E-state index is 13.0. The van der Waals surface area contributed by atoms with Crippen LogP contribution in [-0.2, 0) is 4.79 Å². The molecule has 0 bridgehead atoms. The molecule has 0 aliphatic rings. The SMILES string of the molecule is COc1cc(C)ccc1OCC(=O)Nc1ccc(F)c(F)c1. The Morgan fingerprint density at radius 3 is 2.55 bits per heavy atom. The van der Waals surface area contributed by atoms with Gasteiger partial charge in [0.2, 0.25) is 0 Å². The van der Waals surface area contributed by atoms with Crippen LogP contribution in [0.25, 0.3) is 0 Å². The molecule has 0 radical (unpaired) electrons. The fourth-order valence-electron chi connectivity index (χ4n) is 1.81. The Morgan fingerprint density at radius 1 is 1.09 bits per heavy atom. The van der Waals surface area contributed by atoms with Crippen LogP contribution in [0.4, 0.5) is 14.5 Å². The monoisotopic (exact) mass is 307 g/mol. The average Bonchev–Trinajstić information content (AvgIpc) is 2.49. The predicted octanol–water partition coefficient (Wildman–Crippen LogP) is 3.30. The molecule has 0 aliphatic carbocycles. The van der Waals surface area contributed by atoms with Gasteiger partial charge in [-0.3, -0.25) is 4.79 Å². The first-order chi connectivity index (χ1) is 10.5. The molecule has 116 valence electrons. The minimum absolute atomic E-state index is 0.156. The Balaban J connectivity index is 1.96. The van der Waals surface area contributed by atoms with Crippen LogP contribution in [0.5, 0.6) is 11.5 Å². The van der Waals surface area contributed by atoms with E-state index in [0.717, 1.165) is 17.7 Å². The molecule has 6 heteroatoms. The van der Waals surface area contributed by atoms with E-state index < -0.39 is 17.5 Å². The van der Waals surface area contributed by atoms with Crippen LogP contribution in [-0.4, -0.2) is 19.6 Å². The Hall–Kier alpha value is -2.63. The van der Waals surface area contributed by atoms with Crippen molar-refractivity contribution in [1.29, 1.82) is 0 Å². The Bertz CT molecular complexity index is 689. The number of ether oxygens (including phenoxy) is 2. The topological polar surface area (TPSA) is 47.6 Å². The number of carbonyl (C=O) groups excluding carboxylic acids is 1. The zero-order valence-corrected chi connectivity index (χ0v) is 12.2. The summed E-state index contributed by atoms with van der Waals surface area (Å²) in [6, 6.07) is 8.41. The van der Waals surface area contributed by atoms with Crippen LogP contribution in [0.1, 0.15) is 5.56 Å². The standard InChI is InChI=1S/C16H15F2NO3/c1-10-3-6-14(15(7-10)21-2)22-9-16(20)19-11-4-5-12(17)13(18)8-11/h3-8H,9H2,1-2H3,(H,19,20). The zero-order chi connectivity index (χ0) is 16.1. The van der Waals surface area contributed by atoms with Gasteiger partial charge in [-0.25, -0.2) is 8.78 Å². The minimum Gasteiger partial charge on any atom is -0.493 e. The van der Waals surface area contributed by atoms with Crippen LogP contribution < -0.4 is 14.8 Å². The van der Waals surface area contributed by atoms with Crippen LogP contribution in [0.15, 0.2) is 36.4 Å². The summed E-state index contributed by atoms with van der Waals surface area (Å²) in [5.74, 6) is -1.56. The Labute approximate surface area is 126 Å². The van der Waals surface area contributed by atoms with Gasteiger partial charge >= 0.3 is 0 Å². The molecule has 0 fully saturated rings. The van der Waals surface area contributed by atoms with Gasteiger partial charge in [-0.2, -0.15) is 0 Å². The molecule has 1 N–H and O–H groups in total. The van der Waals surface area contributed by atoms with Gasteiger partial charge in [-0.15, -0.1) is 0 Å². The quantitative estimate of drug-likeness (QED) is 0.922. The highest BCUT2D eigenvalue weighted by Crippen LogP contribution is 2.27. The number of halogens is 2. The second kappa shape index (κ2) is 6.89. The van der Waals surface area contributed by atoms with Gasteiger partial charge in [0, 0.05) is 11.8 Å². The third-order valence-corrected chi connectivity index (χ3v) is 2.88. The van der Waals surface area contributed by atoms with Gasteiger partial charge in [0.25, 0.3) is 5.91 Å². The van der Waals surface area contributed by atoms with Crippen molar-refractivity contribution in [2.45, 2.75) is 6.92 Å². The van der Waals surface area contributed by atoms with Gasteiger partial charge in [0.05, 0.1) is 7.11 Å². The third-order valence-electron chi connectivity index (χ3n) is 2.88. The number of benzene rings is 2. The summed E-state index contributed by atoms with van der Waals surface area (Å²) in [6.45, 7) is 1.63.